The summed E-state index contributed by atoms with van der Waals surface area (Å²) in [5.41, 5.74) is 1.90. The molecule has 0 amide bonds. The van der Waals surface area contributed by atoms with E-state index in [4.69, 9.17) is 4.98 Å². The number of alkyl halides is 3. The second kappa shape index (κ2) is 11.6. The van der Waals surface area contributed by atoms with Gasteiger partial charge in [-0.15, -0.1) is 10.2 Å². The number of aryl methyl sites for hydroxylation is 2. The van der Waals surface area contributed by atoms with Gasteiger partial charge < -0.3 is 10.0 Å². The smallest absolute Gasteiger partial charge is 0.452 e. The monoisotopic (exact) mass is 661 g/mol. The molecule has 11 nitrogen and oxygen atoms in total. The highest BCUT2D eigenvalue weighted by Gasteiger charge is 2.41. The topological polar surface area (TPSA) is 134 Å². The Morgan fingerprint density at radius 2 is 1.91 bits per heavy atom. The number of pyridine rings is 3. The van der Waals surface area contributed by atoms with Crippen LogP contribution < -0.4 is 4.90 Å². The summed E-state index contributed by atoms with van der Waals surface area (Å²) in [5, 5.41) is 17.1. The average molecular weight is 662 g/mol. The number of sulfonamides is 1. The number of anilines is 1. The first-order chi connectivity index (χ1) is 21.7. The molecule has 244 valence electrons. The fourth-order valence-corrected chi connectivity index (χ4v) is 8.05. The van der Waals surface area contributed by atoms with Gasteiger partial charge in [-0.25, -0.2) is 17.8 Å². The van der Waals surface area contributed by atoms with E-state index in [1.165, 1.54) is 17.3 Å². The number of fused-ring (bicyclic) bond motifs is 4. The Hall–Kier alpha value is -4.18. The van der Waals surface area contributed by atoms with Crippen molar-refractivity contribution in [3.05, 3.63) is 76.4 Å². The molecular weight excluding hydrogens is 630 g/mol. The van der Waals surface area contributed by atoms with Crippen LogP contribution in [0.2, 0.25) is 0 Å². The first-order valence-corrected chi connectivity index (χ1v) is 16.2. The summed E-state index contributed by atoms with van der Waals surface area (Å²) in [7, 11) is -4.23. The Balaban J connectivity index is 1.43. The molecule has 4 aromatic rings. The number of rotatable bonds is 6. The van der Waals surface area contributed by atoms with Gasteiger partial charge in [0.25, 0.3) is 0 Å². The maximum Gasteiger partial charge on any atom is 0.452 e. The van der Waals surface area contributed by atoms with Crippen LogP contribution in [0.5, 0.6) is 0 Å². The molecule has 1 unspecified atom stereocenters. The van der Waals surface area contributed by atoms with Gasteiger partial charge in [0.05, 0.1) is 24.4 Å². The molecule has 4 aromatic heterocycles. The van der Waals surface area contributed by atoms with Crippen molar-refractivity contribution in [3.63, 3.8) is 0 Å². The molecular formula is C30H31F4N7O4S. The maximum atomic E-state index is 14.4. The summed E-state index contributed by atoms with van der Waals surface area (Å²) < 4.78 is 85.0. The Labute approximate surface area is 262 Å². The molecule has 2 aliphatic rings. The van der Waals surface area contributed by atoms with Gasteiger partial charge in [-0.3, -0.25) is 14.2 Å². The molecule has 0 radical (unpaired) electrons. The average Bonchev–Trinajstić information content (AvgIpc) is 3.42. The van der Waals surface area contributed by atoms with Crippen molar-refractivity contribution in [1.82, 2.24) is 28.9 Å². The number of carbonyl (C=O) groups is 1. The van der Waals surface area contributed by atoms with Crippen LogP contribution in [-0.4, -0.2) is 67.5 Å². The first-order valence-electron chi connectivity index (χ1n) is 14.7. The zero-order valence-corrected chi connectivity index (χ0v) is 26.0. The second-order valence-corrected chi connectivity index (χ2v) is 13.7. The van der Waals surface area contributed by atoms with Crippen molar-refractivity contribution >= 4 is 27.5 Å². The van der Waals surface area contributed by atoms with Crippen LogP contribution in [0.4, 0.5) is 23.4 Å². The predicted molar refractivity (Wildman–Crippen MR) is 157 cm³/mol. The molecule has 0 saturated carbocycles. The standard InChI is InChI=1S/C30H31F4N7O4S/c1-16-7-8-22(25(18(3)28(42)43)21-9-11-41-26(17(21)2)37-38-29(41)30(32,33)34)36-23(16)15-39-14-20-6-4-5-10-40(20)27-24(46(39,44)45)12-19(31)13-35-27/h7-9,11-13,18,20,25H,4-6,10,14-15H2,1-3H3,(H,42,43)/t18-,20+,25?/m1/s1. The molecule has 16 heteroatoms. The van der Waals surface area contributed by atoms with E-state index in [0.717, 1.165) is 42.1 Å². The van der Waals surface area contributed by atoms with Crippen LogP contribution in [0.25, 0.3) is 5.65 Å². The summed E-state index contributed by atoms with van der Waals surface area (Å²) >= 11 is 0. The van der Waals surface area contributed by atoms with Gasteiger partial charge in [0.15, 0.2) is 5.65 Å². The van der Waals surface area contributed by atoms with Gasteiger partial charge >= 0.3 is 12.1 Å². The van der Waals surface area contributed by atoms with Crippen LogP contribution in [0.15, 0.2) is 41.6 Å². The van der Waals surface area contributed by atoms with Crippen LogP contribution in [0.3, 0.4) is 0 Å². The van der Waals surface area contributed by atoms with Gasteiger partial charge in [0.2, 0.25) is 15.8 Å². The molecule has 0 spiro atoms. The number of hydrogen-bond acceptors (Lipinski definition) is 8. The molecule has 1 N–H and O–H groups in total. The third-order valence-corrected chi connectivity index (χ3v) is 10.8. The highest BCUT2D eigenvalue weighted by molar-refractivity contribution is 7.89. The molecule has 46 heavy (non-hydrogen) atoms. The van der Waals surface area contributed by atoms with Gasteiger partial charge in [0.1, 0.15) is 16.5 Å². The quantitative estimate of drug-likeness (QED) is 0.292. The lowest BCUT2D eigenvalue weighted by molar-refractivity contribution is -0.145. The number of nitrogens with zero attached hydrogens (tertiary/aromatic N) is 7. The zero-order chi connectivity index (χ0) is 33.1. The summed E-state index contributed by atoms with van der Waals surface area (Å²) in [5.74, 6) is -4.93. The van der Waals surface area contributed by atoms with Crippen molar-refractivity contribution in [1.29, 1.82) is 0 Å². The van der Waals surface area contributed by atoms with Crippen molar-refractivity contribution in [2.75, 3.05) is 18.0 Å². The van der Waals surface area contributed by atoms with Gasteiger partial charge in [-0.1, -0.05) is 13.0 Å². The van der Waals surface area contributed by atoms with Crippen molar-refractivity contribution in [2.45, 2.75) is 69.6 Å². The van der Waals surface area contributed by atoms with Gasteiger partial charge in [0, 0.05) is 36.9 Å². The lowest BCUT2D eigenvalue weighted by Gasteiger charge is -2.36. The van der Waals surface area contributed by atoms with E-state index < -0.39 is 45.6 Å². The molecule has 0 aromatic carbocycles. The molecule has 1 fully saturated rings. The van der Waals surface area contributed by atoms with Crippen molar-refractivity contribution in [2.24, 2.45) is 5.92 Å². The molecule has 1 saturated heterocycles. The number of aromatic nitrogens is 5. The predicted octanol–water partition coefficient (Wildman–Crippen LogP) is 4.71. The highest BCUT2D eigenvalue weighted by Crippen LogP contribution is 2.38. The first kappa shape index (κ1) is 31.8. The van der Waals surface area contributed by atoms with E-state index in [1.807, 2.05) is 4.90 Å². The number of piperidine rings is 1. The Morgan fingerprint density at radius 3 is 2.63 bits per heavy atom. The van der Waals surface area contributed by atoms with E-state index >= 15 is 0 Å². The minimum Gasteiger partial charge on any atom is -0.481 e. The maximum absolute atomic E-state index is 14.4. The van der Waals surface area contributed by atoms with Crippen LogP contribution in [0, 0.1) is 25.6 Å². The van der Waals surface area contributed by atoms with Crippen molar-refractivity contribution in [3.8, 4) is 0 Å². The summed E-state index contributed by atoms with van der Waals surface area (Å²) in [4.78, 5) is 23.0. The summed E-state index contributed by atoms with van der Waals surface area (Å²) in [6.07, 6.45) is -0.126. The van der Waals surface area contributed by atoms with Gasteiger partial charge in [-0.05, 0) is 68.0 Å². The molecule has 2 aliphatic heterocycles. The van der Waals surface area contributed by atoms with Crippen LogP contribution >= 0.6 is 0 Å². The molecule has 0 bridgehead atoms. The minimum absolute atomic E-state index is 0.0769. The molecule has 3 atom stereocenters. The normalized spacial score (nSPS) is 19.7. The van der Waals surface area contributed by atoms with Crippen LogP contribution in [-0.2, 0) is 27.5 Å². The number of carboxylic acid groups (broad SMARTS) is 1. The highest BCUT2D eigenvalue weighted by atomic mass is 32.2. The fourth-order valence-electron chi connectivity index (χ4n) is 6.45. The number of halogens is 4. The van der Waals surface area contributed by atoms with E-state index in [9.17, 15) is 35.9 Å². The van der Waals surface area contributed by atoms with E-state index in [2.05, 4.69) is 15.2 Å². The minimum atomic E-state index is -4.75. The van der Waals surface area contributed by atoms with Crippen LogP contribution in [0.1, 0.15) is 66.0 Å². The molecule has 6 heterocycles. The molecule has 0 aliphatic carbocycles. The van der Waals surface area contributed by atoms with E-state index in [1.54, 1.807) is 26.0 Å². The van der Waals surface area contributed by atoms with Crippen molar-refractivity contribution < 1.29 is 35.9 Å². The Kier molecular flexibility index (Phi) is 7.99. The third-order valence-electron chi connectivity index (χ3n) is 8.94. The number of carboxylic acids is 1. The lowest BCUT2D eigenvalue weighted by atomic mass is 9.82. The van der Waals surface area contributed by atoms with E-state index in [0.29, 0.717) is 28.9 Å². The molecule has 6 rings (SSSR count). The Morgan fingerprint density at radius 1 is 1.15 bits per heavy atom. The Bertz CT molecular complexity index is 1950. The fraction of sp³-hybridized carbons (Fsp3) is 0.433. The second-order valence-electron chi connectivity index (χ2n) is 11.8. The van der Waals surface area contributed by atoms with Gasteiger partial charge in [-0.2, -0.15) is 17.5 Å². The summed E-state index contributed by atoms with van der Waals surface area (Å²) in [6.45, 7) is 5.29. The number of hydrogen-bond donors (Lipinski definition) is 1. The summed E-state index contributed by atoms with van der Waals surface area (Å²) in [6, 6.07) is 5.54. The SMILES string of the molecule is Cc1ccc(C(c2ccn3c(C(F)(F)F)nnc3c2C)[C@@H](C)C(=O)O)nc1CN1C[C@@H]2CCCCN2c2ncc(F)cc2S1(=O)=O. The number of aliphatic carboxylic acids is 1. The lowest BCUT2D eigenvalue weighted by Crippen LogP contribution is -2.45. The van der Waals surface area contributed by atoms with E-state index in [-0.39, 0.29) is 41.2 Å². The largest absolute Gasteiger partial charge is 0.481 e. The zero-order valence-electron chi connectivity index (χ0n) is 25.2. The third kappa shape index (κ3) is 5.46.